The van der Waals surface area contributed by atoms with Gasteiger partial charge in [0.2, 0.25) is 15.9 Å². The van der Waals surface area contributed by atoms with Crippen LogP contribution in [0.2, 0.25) is 0 Å². The van der Waals surface area contributed by atoms with E-state index in [1.54, 1.807) is 0 Å². The van der Waals surface area contributed by atoms with Gasteiger partial charge >= 0.3 is 6.18 Å². The van der Waals surface area contributed by atoms with Gasteiger partial charge in [0, 0.05) is 0 Å². The van der Waals surface area contributed by atoms with Crippen LogP contribution in [0.5, 0.6) is 5.75 Å². The topological polar surface area (TPSA) is 75.7 Å². The monoisotopic (exact) mass is 444 g/mol. The number of rotatable bonds is 8. The first-order chi connectivity index (χ1) is 13.9. The Morgan fingerprint density at radius 2 is 1.63 bits per heavy atom. The first kappa shape index (κ1) is 23.5. The van der Waals surface area contributed by atoms with Crippen LogP contribution in [0.3, 0.4) is 0 Å². The third kappa shape index (κ3) is 6.94. The van der Waals surface area contributed by atoms with E-state index >= 15 is 0 Å². The third-order valence-electron chi connectivity index (χ3n) is 4.06. The summed E-state index contributed by atoms with van der Waals surface area (Å²) >= 11 is 0. The van der Waals surface area contributed by atoms with Crippen molar-refractivity contribution in [1.82, 2.24) is 5.32 Å². The van der Waals surface area contributed by atoms with Gasteiger partial charge in [-0.15, -0.1) is 0 Å². The number of hydrogen-bond donors (Lipinski definition) is 1. The van der Waals surface area contributed by atoms with Crippen LogP contribution in [0.15, 0.2) is 42.5 Å². The molecule has 1 N–H and O–H groups in total. The Kier molecular flexibility index (Phi) is 7.35. The molecule has 164 valence electrons. The molecule has 1 amide bonds. The number of alkyl halides is 3. The highest BCUT2D eigenvalue weighted by Gasteiger charge is 2.30. The fourth-order valence-electron chi connectivity index (χ4n) is 2.78. The summed E-state index contributed by atoms with van der Waals surface area (Å²) < 4.78 is 68.5. The Bertz CT molecular complexity index is 970. The number of anilines is 1. The van der Waals surface area contributed by atoms with Crippen LogP contribution in [-0.4, -0.2) is 40.3 Å². The minimum atomic E-state index is -4.54. The van der Waals surface area contributed by atoms with Crippen LogP contribution < -0.4 is 14.4 Å². The average Bonchev–Trinajstić information content (AvgIpc) is 2.61. The predicted octanol–water partition coefficient (Wildman–Crippen LogP) is 3.28. The smallest absolute Gasteiger partial charge is 0.416 e. The van der Waals surface area contributed by atoms with E-state index in [1.165, 1.54) is 0 Å². The van der Waals surface area contributed by atoms with E-state index in [1.807, 2.05) is 32.0 Å². The van der Waals surface area contributed by atoms with Crippen molar-refractivity contribution in [3.8, 4) is 5.75 Å². The van der Waals surface area contributed by atoms with Crippen molar-refractivity contribution in [2.45, 2.75) is 20.0 Å². The van der Waals surface area contributed by atoms with Crippen LogP contribution in [0, 0.1) is 13.8 Å². The number of sulfonamides is 1. The summed E-state index contributed by atoms with van der Waals surface area (Å²) in [4.78, 5) is 12.2. The first-order valence-corrected chi connectivity index (χ1v) is 10.8. The van der Waals surface area contributed by atoms with Gasteiger partial charge in [0.25, 0.3) is 0 Å². The summed E-state index contributed by atoms with van der Waals surface area (Å²) in [5, 5.41) is 2.54. The number of ether oxygens (including phenoxy) is 1. The van der Waals surface area contributed by atoms with Crippen molar-refractivity contribution in [1.29, 1.82) is 0 Å². The minimum absolute atomic E-state index is 0.0351. The van der Waals surface area contributed by atoms with Gasteiger partial charge in [-0.05, 0) is 61.4 Å². The summed E-state index contributed by atoms with van der Waals surface area (Å²) in [7, 11) is -3.88. The Hall–Kier alpha value is -2.75. The molecule has 2 aromatic rings. The molecule has 0 heterocycles. The van der Waals surface area contributed by atoms with Crippen molar-refractivity contribution in [2.24, 2.45) is 0 Å². The fraction of sp³-hybridized carbons (Fsp3) is 0.350. The minimum Gasteiger partial charge on any atom is -0.492 e. The molecular weight excluding hydrogens is 421 g/mol. The number of carbonyl (C=O) groups excluding carboxylic acids is 1. The van der Waals surface area contributed by atoms with E-state index in [0.29, 0.717) is 5.75 Å². The molecule has 0 radical (unpaired) electrons. The molecule has 0 spiro atoms. The number of aryl methyl sites for hydroxylation is 2. The van der Waals surface area contributed by atoms with Gasteiger partial charge in [-0.3, -0.25) is 9.10 Å². The quantitative estimate of drug-likeness (QED) is 0.634. The van der Waals surface area contributed by atoms with Gasteiger partial charge in [-0.2, -0.15) is 13.2 Å². The molecule has 0 bridgehead atoms. The maximum Gasteiger partial charge on any atom is 0.416 e. The Morgan fingerprint density at radius 3 is 2.13 bits per heavy atom. The van der Waals surface area contributed by atoms with E-state index in [2.05, 4.69) is 5.32 Å². The summed E-state index contributed by atoms with van der Waals surface area (Å²) in [5.41, 5.74) is 1.13. The second-order valence-corrected chi connectivity index (χ2v) is 8.74. The number of benzene rings is 2. The zero-order valence-electron chi connectivity index (χ0n) is 16.8. The number of amides is 1. The number of carbonyl (C=O) groups is 1. The third-order valence-corrected chi connectivity index (χ3v) is 5.20. The van der Waals surface area contributed by atoms with Crippen molar-refractivity contribution in [2.75, 3.05) is 30.3 Å². The molecule has 2 rings (SSSR count). The lowest BCUT2D eigenvalue weighted by molar-refractivity contribution is -0.137. The van der Waals surface area contributed by atoms with Crippen molar-refractivity contribution in [3.05, 3.63) is 59.2 Å². The molecule has 0 saturated heterocycles. The van der Waals surface area contributed by atoms with Crippen molar-refractivity contribution >= 4 is 21.6 Å². The molecule has 0 unspecified atom stereocenters. The number of nitrogens with one attached hydrogen (secondary N) is 1. The second-order valence-electron chi connectivity index (χ2n) is 6.84. The molecule has 0 atom stereocenters. The fourth-order valence-corrected chi connectivity index (χ4v) is 3.64. The lowest BCUT2D eigenvalue weighted by atomic mass is 10.1. The van der Waals surface area contributed by atoms with E-state index in [4.69, 9.17) is 4.74 Å². The summed E-state index contributed by atoms with van der Waals surface area (Å²) in [6.07, 6.45) is -3.66. The summed E-state index contributed by atoms with van der Waals surface area (Å²) in [5.74, 6) is 0.0496. The van der Waals surface area contributed by atoms with E-state index in [9.17, 15) is 26.4 Å². The molecule has 0 aliphatic heterocycles. The van der Waals surface area contributed by atoms with E-state index in [-0.39, 0.29) is 18.8 Å². The largest absolute Gasteiger partial charge is 0.492 e. The van der Waals surface area contributed by atoms with E-state index in [0.717, 1.165) is 46.0 Å². The van der Waals surface area contributed by atoms with Crippen molar-refractivity contribution < 1.29 is 31.1 Å². The Balaban J connectivity index is 1.95. The number of hydrogen-bond acceptors (Lipinski definition) is 4. The number of nitrogens with zero attached hydrogens (tertiary/aromatic N) is 1. The summed E-state index contributed by atoms with van der Waals surface area (Å²) in [6, 6.07) is 9.26. The normalized spacial score (nSPS) is 11.8. The van der Waals surface area contributed by atoms with Crippen LogP contribution in [0.4, 0.5) is 18.9 Å². The molecule has 0 saturated carbocycles. The first-order valence-electron chi connectivity index (χ1n) is 8.99. The van der Waals surface area contributed by atoms with Gasteiger partial charge in [0.15, 0.2) is 0 Å². The number of halogens is 3. The maximum atomic E-state index is 12.7. The standard InChI is InChI=1S/C20H23F3N2O4S/c1-14-10-15(2)12-18(11-14)29-9-8-24-19(26)13-25(30(3,27)28)17-6-4-16(5-7-17)20(21,22)23/h4-7,10-12H,8-9,13H2,1-3H3,(H,24,26). The van der Waals surface area contributed by atoms with Crippen LogP contribution in [0.25, 0.3) is 0 Å². The lowest BCUT2D eigenvalue weighted by Crippen LogP contribution is -2.41. The van der Waals surface area contributed by atoms with Crippen LogP contribution in [-0.2, 0) is 21.0 Å². The summed E-state index contributed by atoms with van der Waals surface area (Å²) in [6.45, 7) is 3.61. The van der Waals surface area contributed by atoms with Gasteiger partial charge < -0.3 is 10.1 Å². The van der Waals surface area contributed by atoms with Gasteiger partial charge in [-0.1, -0.05) is 6.07 Å². The molecule has 30 heavy (non-hydrogen) atoms. The average molecular weight is 444 g/mol. The molecule has 10 heteroatoms. The molecular formula is C20H23F3N2O4S. The Morgan fingerprint density at radius 1 is 1.07 bits per heavy atom. The molecule has 6 nitrogen and oxygen atoms in total. The molecule has 0 aliphatic carbocycles. The van der Waals surface area contributed by atoms with Gasteiger partial charge in [0.1, 0.15) is 18.9 Å². The maximum absolute atomic E-state index is 12.7. The molecule has 2 aromatic carbocycles. The molecule has 0 aliphatic rings. The van der Waals surface area contributed by atoms with Crippen LogP contribution in [0.1, 0.15) is 16.7 Å². The zero-order chi connectivity index (χ0) is 22.5. The highest BCUT2D eigenvalue weighted by atomic mass is 32.2. The molecule has 0 fully saturated rings. The van der Waals surface area contributed by atoms with Gasteiger partial charge in [0.05, 0.1) is 24.1 Å². The highest BCUT2D eigenvalue weighted by molar-refractivity contribution is 7.92. The Labute approximate surface area is 173 Å². The predicted molar refractivity (Wildman–Crippen MR) is 108 cm³/mol. The van der Waals surface area contributed by atoms with Gasteiger partial charge in [-0.25, -0.2) is 8.42 Å². The zero-order valence-corrected chi connectivity index (χ0v) is 17.6. The van der Waals surface area contributed by atoms with Crippen molar-refractivity contribution in [3.63, 3.8) is 0 Å². The van der Waals surface area contributed by atoms with Crippen LogP contribution >= 0.6 is 0 Å². The van der Waals surface area contributed by atoms with E-state index < -0.39 is 34.2 Å². The SMILES string of the molecule is Cc1cc(C)cc(OCCNC(=O)CN(c2ccc(C(F)(F)F)cc2)S(C)(=O)=O)c1. The highest BCUT2D eigenvalue weighted by Crippen LogP contribution is 2.30. The molecule has 0 aromatic heterocycles. The second kappa shape index (κ2) is 9.38. The lowest BCUT2D eigenvalue weighted by Gasteiger charge is -2.22.